The lowest BCUT2D eigenvalue weighted by Crippen LogP contribution is -1.98. The molecule has 0 spiro atoms. The molecule has 0 N–H and O–H groups in total. The average molecular weight is 504 g/mol. The lowest BCUT2D eigenvalue weighted by molar-refractivity contribution is 0.620. The first-order chi connectivity index (χ1) is 19.1. The van der Waals surface area contributed by atoms with Crippen LogP contribution >= 0.6 is 0 Å². The van der Waals surface area contributed by atoms with Crippen molar-refractivity contribution in [1.29, 1.82) is 0 Å². The summed E-state index contributed by atoms with van der Waals surface area (Å²) in [5, 5.41) is 0. The van der Waals surface area contributed by atoms with Crippen LogP contribution in [0.1, 0.15) is 11.1 Å². The number of hydrogen-bond acceptors (Lipinski definition) is 4. The zero-order valence-corrected chi connectivity index (χ0v) is 21.7. The minimum Gasteiger partial charge on any atom is -0.436 e. The molecule has 0 aliphatic heterocycles. The summed E-state index contributed by atoms with van der Waals surface area (Å²) in [4.78, 5) is 14.9. The van der Waals surface area contributed by atoms with Crippen LogP contribution in [0.25, 0.3) is 67.2 Å². The monoisotopic (exact) mass is 503 g/mol. The molecule has 0 saturated heterocycles. The molecule has 186 valence electrons. The van der Waals surface area contributed by atoms with E-state index in [1.54, 1.807) is 0 Å². The van der Waals surface area contributed by atoms with Gasteiger partial charge in [0.15, 0.2) is 5.58 Å². The largest absolute Gasteiger partial charge is 0.436 e. The number of rotatable bonds is 4. The maximum Gasteiger partial charge on any atom is 0.227 e. The Bertz CT molecular complexity index is 1920. The number of fused-ring (bicyclic) bond motifs is 2. The molecule has 0 atom stereocenters. The number of hydrogen-bond donors (Lipinski definition) is 0. The maximum absolute atomic E-state index is 5.93. The number of nitrogens with zero attached hydrogens (tertiary/aromatic N) is 3. The van der Waals surface area contributed by atoms with Gasteiger partial charge in [-0.25, -0.2) is 15.0 Å². The number of para-hydroxylation sites is 2. The zero-order valence-electron chi connectivity index (χ0n) is 21.7. The van der Waals surface area contributed by atoms with E-state index in [2.05, 4.69) is 91.6 Å². The fraction of sp³-hybridized carbons (Fsp3) is 0.0571. The average Bonchev–Trinajstić information content (AvgIpc) is 3.44. The number of aromatic nitrogens is 3. The van der Waals surface area contributed by atoms with Crippen molar-refractivity contribution in [3.05, 3.63) is 126 Å². The molecular formula is C35H25N3O. The Morgan fingerprint density at radius 1 is 0.436 bits per heavy atom. The molecular weight excluding hydrogens is 478 g/mol. The van der Waals surface area contributed by atoms with Gasteiger partial charge in [-0.2, -0.15) is 0 Å². The van der Waals surface area contributed by atoms with Gasteiger partial charge in [0.25, 0.3) is 0 Å². The Morgan fingerprint density at radius 2 is 0.923 bits per heavy atom. The van der Waals surface area contributed by atoms with Gasteiger partial charge in [0.05, 0.1) is 22.4 Å². The molecule has 7 rings (SSSR count). The van der Waals surface area contributed by atoms with Gasteiger partial charge in [-0.15, -0.1) is 0 Å². The molecule has 0 fully saturated rings. The third kappa shape index (κ3) is 4.16. The number of aryl methyl sites for hydroxylation is 2. The Morgan fingerprint density at radius 3 is 1.51 bits per heavy atom. The molecule has 2 heterocycles. The third-order valence-electron chi connectivity index (χ3n) is 7.19. The highest BCUT2D eigenvalue weighted by molar-refractivity contribution is 5.89. The van der Waals surface area contributed by atoms with Crippen LogP contribution in [0.2, 0.25) is 0 Å². The minimum absolute atomic E-state index is 0.631. The second-order valence-electron chi connectivity index (χ2n) is 9.82. The quantitative estimate of drug-likeness (QED) is 0.240. The van der Waals surface area contributed by atoms with E-state index in [1.165, 1.54) is 0 Å². The van der Waals surface area contributed by atoms with Crippen molar-refractivity contribution in [3.8, 4) is 45.1 Å². The maximum atomic E-state index is 5.93. The van der Waals surface area contributed by atoms with Crippen LogP contribution in [-0.4, -0.2) is 15.0 Å². The van der Waals surface area contributed by atoms with Crippen LogP contribution in [0.15, 0.2) is 120 Å². The van der Waals surface area contributed by atoms with Gasteiger partial charge in [0, 0.05) is 16.7 Å². The summed E-state index contributed by atoms with van der Waals surface area (Å²) < 4.78 is 5.93. The van der Waals surface area contributed by atoms with Crippen molar-refractivity contribution in [2.45, 2.75) is 13.8 Å². The fourth-order valence-electron chi connectivity index (χ4n) is 5.01. The van der Waals surface area contributed by atoms with E-state index in [-0.39, 0.29) is 0 Å². The standard InChI is InChI=1S/C35H25N3O/c1-22-12-13-23(2)32-31(22)37-33(26-8-4-3-5-9-26)34(38-32)27-18-14-24(15-19-27)25-16-20-28(21-17-25)35-36-29-10-6-7-11-30(29)39-35/h3-21H,1-2H3. The summed E-state index contributed by atoms with van der Waals surface area (Å²) in [5.41, 5.74) is 12.9. The molecule has 0 saturated carbocycles. The summed E-state index contributed by atoms with van der Waals surface area (Å²) in [5.74, 6) is 0.631. The summed E-state index contributed by atoms with van der Waals surface area (Å²) in [6.07, 6.45) is 0. The molecule has 0 amide bonds. The molecule has 0 aliphatic rings. The van der Waals surface area contributed by atoms with E-state index in [1.807, 2.05) is 42.5 Å². The molecule has 4 heteroatoms. The van der Waals surface area contributed by atoms with E-state index >= 15 is 0 Å². The van der Waals surface area contributed by atoms with Gasteiger partial charge in [-0.1, -0.05) is 91.0 Å². The predicted octanol–water partition coefficient (Wildman–Crippen LogP) is 9.06. The Hall–Kier alpha value is -5.09. The zero-order chi connectivity index (χ0) is 26.3. The van der Waals surface area contributed by atoms with Crippen LogP contribution in [0.5, 0.6) is 0 Å². The van der Waals surface area contributed by atoms with E-state index in [4.69, 9.17) is 14.4 Å². The van der Waals surface area contributed by atoms with Crippen LogP contribution in [0, 0.1) is 13.8 Å². The van der Waals surface area contributed by atoms with Gasteiger partial charge in [0.2, 0.25) is 5.89 Å². The van der Waals surface area contributed by atoms with Crippen molar-refractivity contribution < 1.29 is 4.42 Å². The molecule has 4 nitrogen and oxygen atoms in total. The van der Waals surface area contributed by atoms with E-state index in [0.29, 0.717) is 5.89 Å². The van der Waals surface area contributed by atoms with Gasteiger partial charge in [0.1, 0.15) is 5.52 Å². The van der Waals surface area contributed by atoms with Crippen molar-refractivity contribution in [3.63, 3.8) is 0 Å². The third-order valence-corrected chi connectivity index (χ3v) is 7.19. The van der Waals surface area contributed by atoms with Gasteiger partial charge in [-0.3, -0.25) is 0 Å². The molecule has 0 aliphatic carbocycles. The second-order valence-corrected chi connectivity index (χ2v) is 9.82. The molecule has 7 aromatic rings. The lowest BCUT2D eigenvalue weighted by Gasteiger charge is -2.13. The Kier molecular flexibility index (Phi) is 5.52. The first-order valence-corrected chi connectivity index (χ1v) is 13.0. The predicted molar refractivity (Wildman–Crippen MR) is 158 cm³/mol. The van der Waals surface area contributed by atoms with Crippen LogP contribution in [0.3, 0.4) is 0 Å². The normalized spacial score (nSPS) is 11.3. The van der Waals surface area contributed by atoms with Crippen molar-refractivity contribution in [2.24, 2.45) is 0 Å². The highest BCUT2D eigenvalue weighted by Crippen LogP contribution is 2.34. The van der Waals surface area contributed by atoms with Crippen molar-refractivity contribution >= 4 is 22.1 Å². The molecule has 0 radical (unpaired) electrons. The second kappa shape index (κ2) is 9.34. The molecule has 0 bridgehead atoms. The topological polar surface area (TPSA) is 51.8 Å². The Balaban J connectivity index is 1.26. The van der Waals surface area contributed by atoms with E-state index in [9.17, 15) is 0 Å². The summed E-state index contributed by atoms with van der Waals surface area (Å²) in [6.45, 7) is 4.19. The first kappa shape index (κ1) is 23.1. The summed E-state index contributed by atoms with van der Waals surface area (Å²) in [6, 6.07) is 39.3. The Labute approximate surface area is 226 Å². The fourth-order valence-corrected chi connectivity index (χ4v) is 5.01. The summed E-state index contributed by atoms with van der Waals surface area (Å²) in [7, 11) is 0. The molecule has 2 aromatic heterocycles. The van der Waals surface area contributed by atoms with Gasteiger partial charge in [-0.05, 0) is 60.4 Å². The highest BCUT2D eigenvalue weighted by Gasteiger charge is 2.16. The first-order valence-electron chi connectivity index (χ1n) is 13.0. The van der Waals surface area contributed by atoms with Crippen LogP contribution in [-0.2, 0) is 0 Å². The number of benzene rings is 5. The smallest absolute Gasteiger partial charge is 0.227 e. The molecule has 0 unspecified atom stereocenters. The van der Waals surface area contributed by atoms with Gasteiger partial charge < -0.3 is 4.42 Å². The van der Waals surface area contributed by atoms with Crippen LogP contribution in [0.4, 0.5) is 0 Å². The lowest BCUT2D eigenvalue weighted by atomic mass is 9.98. The van der Waals surface area contributed by atoms with Crippen molar-refractivity contribution in [1.82, 2.24) is 15.0 Å². The van der Waals surface area contributed by atoms with E-state index in [0.717, 1.165) is 72.5 Å². The van der Waals surface area contributed by atoms with Gasteiger partial charge >= 0.3 is 0 Å². The van der Waals surface area contributed by atoms with Crippen molar-refractivity contribution in [2.75, 3.05) is 0 Å². The summed E-state index contributed by atoms with van der Waals surface area (Å²) >= 11 is 0. The molecule has 39 heavy (non-hydrogen) atoms. The number of oxazole rings is 1. The highest BCUT2D eigenvalue weighted by atomic mass is 16.3. The minimum atomic E-state index is 0.631. The SMILES string of the molecule is Cc1ccc(C)c2nc(-c3ccc(-c4ccc(-c5nc6ccccc6o5)cc4)cc3)c(-c3ccccc3)nc12. The van der Waals surface area contributed by atoms with E-state index < -0.39 is 0 Å². The van der Waals surface area contributed by atoms with Crippen LogP contribution < -0.4 is 0 Å². The molecule has 5 aromatic carbocycles.